The number of hydrogen-bond donors (Lipinski definition) is 1. The number of nitrogens with one attached hydrogen (secondary N) is 1. The number of nitro benzene ring substituents is 1. The molecule has 1 aliphatic heterocycles. The van der Waals surface area contributed by atoms with Gasteiger partial charge < -0.3 is 10.2 Å². The molecule has 1 N–H and O–H groups in total. The Kier molecular flexibility index (Phi) is 5.44. The summed E-state index contributed by atoms with van der Waals surface area (Å²) in [5.41, 5.74) is 0.794. The summed E-state index contributed by atoms with van der Waals surface area (Å²) >= 11 is 0. The lowest BCUT2D eigenvalue weighted by atomic mass is 9.96. The van der Waals surface area contributed by atoms with Crippen molar-refractivity contribution in [3.05, 3.63) is 70.0 Å². The molecule has 8 heteroatoms. The highest BCUT2D eigenvalue weighted by atomic mass is 19.1. The van der Waals surface area contributed by atoms with Crippen LogP contribution in [0.25, 0.3) is 0 Å². The van der Waals surface area contributed by atoms with Gasteiger partial charge in [-0.3, -0.25) is 19.7 Å². The van der Waals surface area contributed by atoms with Crippen molar-refractivity contribution in [2.45, 2.75) is 12.8 Å². The van der Waals surface area contributed by atoms with Crippen LogP contribution in [-0.2, 0) is 4.79 Å². The summed E-state index contributed by atoms with van der Waals surface area (Å²) in [6.45, 7) is 0.812. The molecule has 0 spiro atoms. The number of nitrogens with zero attached hydrogens (tertiary/aromatic N) is 2. The number of hydrogen-bond acceptors (Lipinski definition) is 4. The average molecular weight is 371 g/mol. The smallest absolute Gasteiger partial charge is 0.269 e. The second kappa shape index (κ2) is 7.94. The molecule has 0 aliphatic carbocycles. The van der Waals surface area contributed by atoms with Gasteiger partial charge in [-0.1, -0.05) is 0 Å². The number of anilines is 1. The molecule has 0 saturated carbocycles. The summed E-state index contributed by atoms with van der Waals surface area (Å²) in [7, 11) is 0. The topological polar surface area (TPSA) is 92.5 Å². The zero-order valence-electron chi connectivity index (χ0n) is 14.4. The van der Waals surface area contributed by atoms with E-state index in [9.17, 15) is 24.1 Å². The van der Waals surface area contributed by atoms with E-state index >= 15 is 0 Å². The number of non-ortho nitro benzene ring substituents is 1. The maximum absolute atomic E-state index is 13.0. The molecule has 1 heterocycles. The number of rotatable bonds is 4. The van der Waals surface area contributed by atoms with Crippen LogP contribution in [0.2, 0.25) is 0 Å². The highest BCUT2D eigenvalue weighted by molar-refractivity contribution is 5.96. The molecule has 7 nitrogen and oxygen atoms in total. The molecular formula is C19H18FN3O4. The molecule has 0 aromatic heterocycles. The van der Waals surface area contributed by atoms with Crippen LogP contribution in [-0.4, -0.2) is 34.7 Å². The van der Waals surface area contributed by atoms with Crippen molar-refractivity contribution in [3.63, 3.8) is 0 Å². The SMILES string of the molecule is O=C(Nc1ccc([N+](=O)[O-])cc1)C1CCCN(C(=O)c2ccc(F)cc2)C1. The number of likely N-dealkylation sites (tertiary alicyclic amines) is 1. The second-order valence-electron chi connectivity index (χ2n) is 6.39. The Morgan fingerprint density at radius 1 is 1.11 bits per heavy atom. The van der Waals surface area contributed by atoms with Gasteiger partial charge in [-0.05, 0) is 49.2 Å². The third-order valence-corrected chi connectivity index (χ3v) is 4.52. The van der Waals surface area contributed by atoms with Crippen LogP contribution in [0.3, 0.4) is 0 Å². The Labute approximate surface area is 154 Å². The zero-order valence-corrected chi connectivity index (χ0v) is 14.4. The fourth-order valence-electron chi connectivity index (χ4n) is 3.06. The van der Waals surface area contributed by atoms with Crippen molar-refractivity contribution in [2.75, 3.05) is 18.4 Å². The molecule has 0 bridgehead atoms. The van der Waals surface area contributed by atoms with Crippen LogP contribution >= 0.6 is 0 Å². The highest BCUT2D eigenvalue weighted by Gasteiger charge is 2.29. The van der Waals surface area contributed by atoms with Crippen LogP contribution in [0.1, 0.15) is 23.2 Å². The highest BCUT2D eigenvalue weighted by Crippen LogP contribution is 2.22. The van der Waals surface area contributed by atoms with E-state index in [1.54, 1.807) is 4.90 Å². The lowest BCUT2D eigenvalue weighted by Gasteiger charge is -2.32. The molecule has 0 radical (unpaired) electrons. The van der Waals surface area contributed by atoms with Gasteiger partial charge in [0, 0.05) is 36.5 Å². The molecule has 2 aromatic carbocycles. The number of amides is 2. The number of carbonyl (C=O) groups excluding carboxylic acids is 2. The Morgan fingerprint density at radius 2 is 1.78 bits per heavy atom. The second-order valence-corrected chi connectivity index (χ2v) is 6.39. The lowest BCUT2D eigenvalue weighted by molar-refractivity contribution is -0.384. The summed E-state index contributed by atoms with van der Waals surface area (Å²) in [4.78, 5) is 36.8. The van der Waals surface area contributed by atoms with Crippen LogP contribution in [0.15, 0.2) is 48.5 Å². The predicted molar refractivity (Wildman–Crippen MR) is 96.8 cm³/mol. The fraction of sp³-hybridized carbons (Fsp3) is 0.263. The third kappa shape index (κ3) is 4.46. The van der Waals surface area contributed by atoms with Gasteiger partial charge in [-0.2, -0.15) is 0 Å². The largest absolute Gasteiger partial charge is 0.338 e. The molecular weight excluding hydrogens is 353 g/mol. The van der Waals surface area contributed by atoms with Crippen molar-refractivity contribution < 1.29 is 18.9 Å². The minimum Gasteiger partial charge on any atom is -0.338 e. The minimum absolute atomic E-state index is 0.0539. The molecule has 3 rings (SSSR count). The van der Waals surface area contributed by atoms with Crippen molar-refractivity contribution in [1.29, 1.82) is 0 Å². The molecule has 2 aromatic rings. The lowest BCUT2D eigenvalue weighted by Crippen LogP contribution is -2.43. The first kappa shape index (κ1) is 18.5. The molecule has 1 unspecified atom stereocenters. The van der Waals surface area contributed by atoms with E-state index in [2.05, 4.69) is 5.32 Å². The van der Waals surface area contributed by atoms with E-state index in [-0.39, 0.29) is 30.0 Å². The molecule has 1 fully saturated rings. The van der Waals surface area contributed by atoms with Gasteiger partial charge in [0.25, 0.3) is 11.6 Å². The maximum atomic E-state index is 13.0. The van der Waals surface area contributed by atoms with Gasteiger partial charge >= 0.3 is 0 Å². The van der Waals surface area contributed by atoms with Crippen LogP contribution in [0.5, 0.6) is 0 Å². The van der Waals surface area contributed by atoms with Gasteiger partial charge in [-0.25, -0.2) is 4.39 Å². The standard InChI is InChI=1S/C19H18FN3O4/c20-15-5-3-13(4-6-15)19(25)22-11-1-2-14(12-22)18(24)21-16-7-9-17(10-8-16)23(26)27/h3-10,14H,1-2,11-12H2,(H,21,24). The summed E-state index contributed by atoms with van der Waals surface area (Å²) in [5.74, 6) is -1.26. The Hall–Kier alpha value is -3.29. The van der Waals surface area contributed by atoms with E-state index in [1.165, 1.54) is 48.5 Å². The normalized spacial score (nSPS) is 16.6. The first-order valence-corrected chi connectivity index (χ1v) is 8.54. The van der Waals surface area contributed by atoms with Gasteiger partial charge in [0.2, 0.25) is 5.91 Å². The van der Waals surface area contributed by atoms with E-state index in [0.717, 1.165) is 0 Å². The Morgan fingerprint density at radius 3 is 2.41 bits per heavy atom. The number of carbonyl (C=O) groups is 2. The van der Waals surface area contributed by atoms with E-state index < -0.39 is 10.7 Å². The number of piperidine rings is 1. The Balaban J connectivity index is 1.63. The fourth-order valence-corrected chi connectivity index (χ4v) is 3.06. The van der Waals surface area contributed by atoms with Crippen LogP contribution in [0, 0.1) is 21.8 Å². The molecule has 140 valence electrons. The monoisotopic (exact) mass is 371 g/mol. The summed E-state index contributed by atoms with van der Waals surface area (Å²) in [6, 6.07) is 10.9. The molecule has 2 amide bonds. The Bertz CT molecular complexity index is 852. The summed E-state index contributed by atoms with van der Waals surface area (Å²) in [6.07, 6.45) is 1.33. The minimum atomic E-state index is -0.508. The molecule has 1 aliphatic rings. The van der Waals surface area contributed by atoms with Gasteiger partial charge in [-0.15, -0.1) is 0 Å². The van der Waals surface area contributed by atoms with E-state index in [4.69, 9.17) is 0 Å². The number of nitro groups is 1. The number of halogens is 1. The van der Waals surface area contributed by atoms with Gasteiger partial charge in [0.05, 0.1) is 10.8 Å². The first-order chi connectivity index (χ1) is 12.9. The van der Waals surface area contributed by atoms with Crippen LogP contribution in [0.4, 0.5) is 15.8 Å². The van der Waals surface area contributed by atoms with E-state index in [0.29, 0.717) is 30.6 Å². The molecule has 1 atom stereocenters. The quantitative estimate of drug-likeness (QED) is 0.660. The van der Waals surface area contributed by atoms with Crippen LogP contribution < -0.4 is 5.32 Å². The third-order valence-electron chi connectivity index (χ3n) is 4.52. The van der Waals surface area contributed by atoms with E-state index in [1.807, 2.05) is 0 Å². The first-order valence-electron chi connectivity index (χ1n) is 8.54. The average Bonchev–Trinajstić information content (AvgIpc) is 2.68. The van der Waals surface area contributed by atoms with Crippen molar-refractivity contribution in [2.24, 2.45) is 5.92 Å². The predicted octanol–water partition coefficient (Wildman–Crippen LogP) is 3.22. The van der Waals surface area contributed by atoms with Crippen molar-refractivity contribution >= 4 is 23.2 Å². The maximum Gasteiger partial charge on any atom is 0.269 e. The molecule has 1 saturated heterocycles. The van der Waals surface area contributed by atoms with Crippen molar-refractivity contribution in [1.82, 2.24) is 4.90 Å². The van der Waals surface area contributed by atoms with Crippen molar-refractivity contribution in [3.8, 4) is 0 Å². The summed E-state index contributed by atoms with van der Waals surface area (Å²) in [5, 5.41) is 13.4. The number of benzene rings is 2. The molecule has 27 heavy (non-hydrogen) atoms. The summed E-state index contributed by atoms with van der Waals surface area (Å²) < 4.78 is 13.0. The zero-order chi connectivity index (χ0) is 19.4. The van der Waals surface area contributed by atoms with Gasteiger partial charge in [0.1, 0.15) is 5.82 Å². The van der Waals surface area contributed by atoms with Gasteiger partial charge in [0.15, 0.2) is 0 Å².